The van der Waals surface area contributed by atoms with Crippen molar-refractivity contribution in [3.63, 3.8) is 0 Å². The summed E-state index contributed by atoms with van der Waals surface area (Å²) in [4.78, 5) is 10.8. The molecule has 0 spiro atoms. The molecule has 3 heteroatoms. The number of aliphatic carboxylic acids is 1. The third-order valence-corrected chi connectivity index (χ3v) is 2.45. The Morgan fingerprint density at radius 2 is 1.79 bits per heavy atom. The van der Waals surface area contributed by atoms with Crippen molar-refractivity contribution in [1.29, 1.82) is 0 Å². The van der Waals surface area contributed by atoms with Crippen LogP contribution in [0.25, 0.3) is 0 Å². The van der Waals surface area contributed by atoms with Gasteiger partial charge in [-0.05, 0) is 19.3 Å². The molecule has 0 radical (unpaired) electrons. The Labute approximate surface area is 86.1 Å². The molecule has 0 rings (SSSR count). The van der Waals surface area contributed by atoms with Crippen LogP contribution >= 0.6 is 0 Å². The molecule has 0 aromatic heterocycles. The largest absolute Gasteiger partial charge is 0.481 e. The third kappa shape index (κ3) is 6.89. The lowest BCUT2D eigenvalue weighted by Gasteiger charge is -2.10. The van der Waals surface area contributed by atoms with Crippen molar-refractivity contribution >= 4 is 5.97 Å². The average Bonchev–Trinajstić information content (AvgIpc) is 2.15. The van der Waals surface area contributed by atoms with Gasteiger partial charge in [0.05, 0.1) is 5.92 Å². The number of aliphatic hydroxyl groups excluding tert-OH is 1. The first-order chi connectivity index (χ1) is 6.72. The third-order valence-electron chi connectivity index (χ3n) is 2.45. The first kappa shape index (κ1) is 13.4. The van der Waals surface area contributed by atoms with Crippen molar-refractivity contribution < 1.29 is 15.0 Å². The lowest BCUT2D eigenvalue weighted by molar-refractivity contribution is -0.142. The van der Waals surface area contributed by atoms with Crippen LogP contribution in [-0.4, -0.2) is 22.8 Å². The fourth-order valence-electron chi connectivity index (χ4n) is 1.60. The molecule has 0 bridgehead atoms. The van der Waals surface area contributed by atoms with Gasteiger partial charge in [-0.25, -0.2) is 0 Å². The molecule has 2 N–H and O–H groups in total. The normalized spacial score (nSPS) is 12.7. The van der Waals surface area contributed by atoms with Crippen LogP contribution in [0.15, 0.2) is 0 Å². The predicted molar refractivity (Wildman–Crippen MR) is 56.2 cm³/mol. The lowest BCUT2D eigenvalue weighted by Crippen LogP contribution is -2.13. The topological polar surface area (TPSA) is 57.5 Å². The molecule has 14 heavy (non-hydrogen) atoms. The Kier molecular flexibility index (Phi) is 8.64. The lowest BCUT2D eigenvalue weighted by atomic mass is 9.96. The zero-order valence-electron chi connectivity index (χ0n) is 9.04. The van der Waals surface area contributed by atoms with Crippen LogP contribution in [-0.2, 0) is 4.79 Å². The summed E-state index contributed by atoms with van der Waals surface area (Å²) in [5, 5.41) is 17.4. The Bertz CT molecular complexity index is 145. The first-order valence-corrected chi connectivity index (χ1v) is 5.56. The fourth-order valence-corrected chi connectivity index (χ4v) is 1.60. The van der Waals surface area contributed by atoms with Crippen molar-refractivity contribution in [3.05, 3.63) is 0 Å². The van der Waals surface area contributed by atoms with E-state index >= 15 is 0 Å². The maximum Gasteiger partial charge on any atom is 0.306 e. The number of carboxylic acid groups (broad SMARTS) is 1. The smallest absolute Gasteiger partial charge is 0.306 e. The summed E-state index contributed by atoms with van der Waals surface area (Å²) in [6, 6.07) is 0. The standard InChI is InChI=1S/C11H22O3/c1-2-7-10(11(13)14)8-5-3-4-6-9-12/h10,12H,2-9H2,1H3,(H,13,14)/t10-/m0/s1. The molecule has 0 amide bonds. The molecule has 0 unspecified atom stereocenters. The quantitative estimate of drug-likeness (QED) is 0.564. The molecule has 3 nitrogen and oxygen atoms in total. The summed E-state index contributed by atoms with van der Waals surface area (Å²) in [5.41, 5.74) is 0. The molecule has 1 atom stereocenters. The molecule has 84 valence electrons. The van der Waals surface area contributed by atoms with Gasteiger partial charge in [0.25, 0.3) is 0 Å². The highest BCUT2D eigenvalue weighted by atomic mass is 16.4. The van der Waals surface area contributed by atoms with Crippen LogP contribution in [0, 0.1) is 5.92 Å². The number of hydrogen-bond donors (Lipinski definition) is 2. The van der Waals surface area contributed by atoms with Gasteiger partial charge < -0.3 is 10.2 Å². The molecular weight excluding hydrogens is 180 g/mol. The molecule has 0 aliphatic rings. The monoisotopic (exact) mass is 202 g/mol. The predicted octanol–water partition coefficient (Wildman–Crippen LogP) is 2.43. The van der Waals surface area contributed by atoms with Crippen molar-refractivity contribution in [3.8, 4) is 0 Å². The van der Waals surface area contributed by atoms with E-state index in [4.69, 9.17) is 10.2 Å². The van der Waals surface area contributed by atoms with E-state index in [-0.39, 0.29) is 12.5 Å². The van der Waals surface area contributed by atoms with E-state index in [1.54, 1.807) is 0 Å². The van der Waals surface area contributed by atoms with Gasteiger partial charge in [0.15, 0.2) is 0 Å². The minimum atomic E-state index is -0.658. The maximum atomic E-state index is 10.8. The highest BCUT2D eigenvalue weighted by Crippen LogP contribution is 2.16. The van der Waals surface area contributed by atoms with E-state index in [1.807, 2.05) is 6.92 Å². The number of unbranched alkanes of at least 4 members (excludes halogenated alkanes) is 3. The van der Waals surface area contributed by atoms with E-state index in [0.29, 0.717) is 0 Å². The van der Waals surface area contributed by atoms with Gasteiger partial charge in [-0.2, -0.15) is 0 Å². The number of aliphatic hydroxyl groups is 1. The zero-order chi connectivity index (χ0) is 10.8. The zero-order valence-corrected chi connectivity index (χ0v) is 9.04. The molecule has 0 aliphatic carbocycles. The van der Waals surface area contributed by atoms with E-state index in [2.05, 4.69) is 0 Å². The summed E-state index contributed by atoms with van der Waals surface area (Å²) in [5.74, 6) is -0.817. The average molecular weight is 202 g/mol. The van der Waals surface area contributed by atoms with Gasteiger partial charge in [-0.15, -0.1) is 0 Å². The van der Waals surface area contributed by atoms with E-state index in [1.165, 1.54) is 0 Å². The van der Waals surface area contributed by atoms with E-state index < -0.39 is 5.97 Å². The maximum absolute atomic E-state index is 10.8. The van der Waals surface area contributed by atoms with Gasteiger partial charge in [-0.3, -0.25) is 4.79 Å². The van der Waals surface area contributed by atoms with Crippen LogP contribution in [0.5, 0.6) is 0 Å². The van der Waals surface area contributed by atoms with Crippen molar-refractivity contribution in [1.82, 2.24) is 0 Å². The van der Waals surface area contributed by atoms with Crippen LogP contribution in [0.2, 0.25) is 0 Å². The molecule has 0 heterocycles. The van der Waals surface area contributed by atoms with Gasteiger partial charge in [0.1, 0.15) is 0 Å². The Hall–Kier alpha value is -0.570. The number of rotatable bonds is 9. The van der Waals surface area contributed by atoms with Crippen LogP contribution in [0.4, 0.5) is 0 Å². The fraction of sp³-hybridized carbons (Fsp3) is 0.909. The summed E-state index contributed by atoms with van der Waals surface area (Å²) in [6.07, 6.45) is 6.36. The van der Waals surface area contributed by atoms with Crippen LogP contribution in [0.1, 0.15) is 51.9 Å². The van der Waals surface area contributed by atoms with Gasteiger partial charge in [0.2, 0.25) is 0 Å². The Morgan fingerprint density at radius 1 is 1.14 bits per heavy atom. The number of carbonyl (C=O) groups is 1. The van der Waals surface area contributed by atoms with Gasteiger partial charge in [0, 0.05) is 6.61 Å². The van der Waals surface area contributed by atoms with Gasteiger partial charge >= 0.3 is 5.97 Å². The minimum Gasteiger partial charge on any atom is -0.481 e. The van der Waals surface area contributed by atoms with E-state index in [9.17, 15) is 4.79 Å². The first-order valence-electron chi connectivity index (χ1n) is 5.56. The van der Waals surface area contributed by atoms with E-state index in [0.717, 1.165) is 44.9 Å². The van der Waals surface area contributed by atoms with Gasteiger partial charge in [-0.1, -0.05) is 32.6 Å². The Balaban J connectivity index is 3.46. The summed E-state index contributed by atoms with van der Waals surface area (Å²) in [6.45, 7) is 2.26. The second-order valence-corrected chi connectivity index (χ2v) is 3.75. The molecule has 0 aliphatic heterocycles. The minimum absolute atomic E-state index is 0.158. The van der Waals surface area contributed by atoms with Crippen molar-refractivity contribution in [2.45, 2.75) is 51.9 Å². The molecule has 0 saturated heterocycles. The van der Waals surface area contributed by atoms with Crippen LogP contribution in [0.3, 0.4) is 0 Å². The summed E-state index contributed by atoms with van der Waals surface area (Å²) >= 11 is 0. The summed E-state index contributed by atoms with van der Waals surface area (Å²) < 4.78 is 0. The SMILES string of the molecule is CCC[C@@H](CCCCCCO)C(=O)O. The second kappa shape index (κ2) is 9.00. The van der Waals surface area contributed by atoms with Crippen LogP contribution < -0.4 is 0 Å². The van der Waals surface area contributed by atoms with Crippen molar-refractivity contribution in [2.24, 2.45) is 5.92 Å². The number of carboxylic acids is 1. The van der Waals surface area contributed by atoms with Crippen molar-refractivity contribution in [2.75, 3.05) is 6.61 Å². The molecule has 0 aromatic rings. The highest BCUT2D eigenvalue weighted by molar-refractivity contribution is 5.69. The second-order valence-electron chi connectivity index (χ2n) is 3.75. The number of hydrogen-bond acceptors (Lipinski definition) is 2. The Morgan fingerprint density at radius 3 is 2.29 bits per heavy atom. The molecular formula is C11H22O3. The highest BCUT2D eigenvalue weighted by Gasteiger charge is 2.14. The molecule has 0 fully saturated rings. The summed E-state index contributed by atoms with van der Waals surface area (Å²) in [7, 11) is 0. The molecule has 0 saturated carbocycles. The molecule has 0 aromatic carbocycles.